The van der Waals surface area contributed by atoms with Gasteiger partial charge >= 0.3 is 0 Å². The molecule has 0 bridgehead atoms. The lowest BCUT2D eigenvalue weighted by molar-refractivity contribution is 0.0952. The smallest absolute Gasteiger partial charge is 0.252 e. The van der Waals surface area contributed by atoms with Crippen LogP contribution in [0.4, 0.5) is 0 Å². The largest absolute Gasteiger partial charge is 0.350 e. The monoisotopic (exact) mass is 337 g/mol. The lowest BCUT2D eigenvalue weighted by Gasteiger charge is -2.13. The predicted molar refractivity (Wildman–Crippen MR) is 99.5 cm³/mol. The van der Waals surface area contributed by atoms with E-state index in [-0.39, 0.29) is 11.9 Å². The van der Waals surface area contributed by atoms with Gasteiger partial charge in [0.05, 0.1) is 22.8 Å². The Kier molecular flexibility index (Phi) is 5.09. The minimum atomic E-state index is -0.109. The first kappa shape index (κ1) is 17.1. The van der Waals surface area contributed by atoms with Crippen molar-refractivity contribution in [3.05, 3.63) is 48.2 Å². The molecule has 1 atom stereocenters. The highest BCUT2D eigenvalue weighted by Gasteiger charge is 2.17. The Labute approximate surface area is 147 Å². The predicted octanol–water partition coefficient (Wildman–Crippen LogP) is 2.46. The van der Waals surface area contributed by atoms with Crippen LogP contribution in [-0.2, 0) is 6.54 Å². The molecule has 0 saturated carbocycles. The van der Waals surface area contributed by atoms with Gasteiger partial charge in [-0.15, -0.1) is 0 Å². The first-order chi connectivity index (χ1) is 12.1. The number of hydrogen-bond donors (Lipinski definition) is 2. The van der Waals surface area contributed by atoms with Gasteiger partial charge in [0.1, 0.15) is 0 Å². The number of rotatable bonds is 6. The van der Waals surface area contributed by atoms with E-state index in [1.54, 1.807) is 6.20 Å². The molecule has 6 nitrogen and oxygen atoms in total. The topological polar surface area (TPSA) is 71.8 Å². The number of aromatic nitrogens is 3. The molecule has 0 aliphatic rings. The van der Waals surface area contributed by atoms with E-state index in [1.807, 2.05) is 62.0 Å². The van der Waals surface area contributed by atoms with Crippen molar-refractivity contribution in [3.63, 3.8) is 0 Å². The van der Waals surface area contributed by atoms with E-state index >= 15 is 0 Å². The maximum Gasteiger partial charge on any atom is 0.252 e. The van der Waals surface area contributed by atoms with Crippen molar-refractivity contribution in [2.75, 3.05) is 13.6 Å². The Morgan fingerprint density at radius 3 is 2.72 bits per heavy atom. The molecule has 0 fully saturated rings. The minimum absolute atomic E-state index is 0.109. The van der Waals surface area contributed by atoms with Crippen LogP contribution in [0.1, 0.15) is 24.2 Å². The van der Waals surface area contributed by atoms with Crippen LogP contribution < -0.4 is 10.6 Å². The maximum absolute atomic E-state index is 12.8. The molecule has 2 heterocycles. The molecule has 0 spiro atoms. The number of fused-ring (bicyclic) bond motifs is 1. The summed E-state index contributed by atoms with van der Waals surface area (Å²) in [4.78, 5) is 17.5. The van der Waals surface area contributed by atoms with Gasteiger partial charge in [-0.25, -0.2) is 9.67 Å². The van der Waals surface area contributed by atoms with E-state index in [1.165, 1.54) is 0 Å². The lowest BCUT2D eigenvalue weighted by atomic mass is 10.1. The van der Waals surface area contributed by atoms with Gasteiger partial charge in [-0.05, 0) is 27.0 Å². The number of pyridine rings is 1. The number of carbonyl (C=O) groups is 1. The third-order valence-corrected chi connectivity index (χ3v) is 4.28. The fraction of sp³-hybridized carbons (Fsp3) is 0.316. The molecule has 0 aliphatic carbocycles. The minimum Gasteiger partial charge on any atom is -0.350 e. The molecule has 1 aromatic carbocycles. The summed E-state index contributed by atoms with van der Waals surface area (Å²) in [5.41, 5.74) is 3.09. The zero-order valence-corrected chi connectivity index (χ0v) is 14.8. The van der Waals surface area contributed by atoms with Crippen LogP contribution in [0.2, 0.25) is 0 Å². The standard InChI is InChI=1S/C19H23N5O/c1-4-24-18-16(12-22-24)15(19(25)21-11-13(2)20-3)10-17(23-18)14-8-6-5-7-9-14/h5-10,12-13,20H,4,11H2,1-3H3,(H,21,25). The second-order valence-electron chi connectivity index (χ2n) is 6.02. The number of benzene rings is 1. The highest BCUT2D eigenvalue weighted by molar-refractivity contribution is 6.06. The molecular weight excluding hydrogens is 314 g/mol. The van der Waals surface area contributed by atoms with Crippen LogP contribution in [0.5, 0.6) is 0 Å². The van der Waals surface area contributed by atoms with Crippen LogP contribution >= 0.6 is 0 Å². The normalized spacial score (nSPS) is 12.3. The molecule has 2 N–H and O–H groups in total. The summed E-state index contributed by atoms with van der Waals surface area (Å²) in [6, 6.07) is 11.9. The van der Waals surface area contributed by atoms with Crippen molar-refractivity contribution in [2.24, 2.45) is 0 Å². The second-order valence-corrected chi connectivity index (χ2v) is 6.02. The number of aryl methyl sites for hydroxylation is 1. The third-order valence-electron chi connectivity index (χ3n) is 4.28. The summed E-state index contributed by atoms with van der Waals surface area (Å²) in [6.45, 7) is 5.29. The van der Waals surface area contributed by atoms with Gasteiger partial charge in [-0.2, -0.15) is 5.10 Å². The molecule has 0 radical (unpaired) electrons. The number of amides is 1. The van der Waals surface area contributed by atoms with Crippen LogP contribution in [0, 0.1) is 0 Å². The summed E-state index contributed by atoms with van der Waals surface area (Å²) in [5, 5.41) is 11.2. The van der Waals surface area contributed by atoms with Gasteiger partial charge < -0.3 is 10.6 Å². The number of nitrogens with zero attached hydrogens (tertiary/aromatic N) is 3. The Morgan fingerprint density at radius 1 is 1.28 bits per heavy atom. The molecule has 2 aromatic heterocycles. The number of hydrogen-bond acceptors (Lipinski definition) is 4. The zero-order valence-electron chi connectivity index (χ0n) is 14.8. The molecule has 3 rings (SSSR count). The summed E-state index contributed by atoms with van der Waals surface area (Å²) >= 11 is 0. The highest BCUT2D eigenvalue weighted by atomic mass is 16.1. The van der Waals surface area contributed by atoms with E-state index < -0.39 is 0 Å². The van der Waals surface area contributed by atoms with E-state index in [9.17, 15) is 4.79 Å². The van der Waals surface area contributed by atoms with Crippen LogP contribution in [-0.4, -0.2) is 40.3 Å². The van der Waals surface area contributed by atoms with E-state index in [0.29, 0.717) is 18.7 Å². The molecule has 130 valence electrons. The Hall–Kier alpha value is -2.73. The molecule has 1 amide bonds. The van der Waals surface area contributed by atoms with Gasteiger partial charge in [0, 0.05) is 24.7 Å². The Bertz CT molecular complexity index is 872. The molecule has 0 saturated heterocycles. The first-order valence-electron chi connectivity index (χ1n) is 8.51. The van der Waals surface area contributed by atoms with Gasteiger partial charge in [-0.1, -0.05) is 30.3 Å². The summed E-state index contributed by atoms with van der Waals surface area (Å²) in [5.74, 6) is -0.109. The van der Waals surface area contributed by atoms with Gasteiger partial charge in [-0.3, -0.25) is 4.79 Å². The number of carbonyl (C=O) groups excluding carboxylic acids is 1. The van der Waals surface area contributed by atoms with Crippen LogP contribution in [0.15, 0.2) is 42.6 Å². The van der Waals surface area contributed by atoms with Gasteiger partial charge in [0.25, 0.3) is 5.91 Å². The number of nitrogens with one attached hydrogen (secondary N) is 2. The quantitative estimate of drug-likeness (QED) is 0.725. The average Bonchev–Trinajstić information content (AvgIpc) is 3.08. The van der Waals surface area contributed by atoms with Crippen LogP contribution in [0.25, 0.3) is 22.3 Å². The van der Waals surface area contributed by atoms with Crippen molar-refractivity contribution in [3.8, 4) is 11.3 Å². The van der Waals surface area contributed by atoms with Gasteiger partial charge in [0.2, 0.25) is 0 Å². The molecule has 6 heteroatoms. The molecule has 25 heavy (non-hydrogen) atoms. The second kappa shape index (κ2) is 7.44. The lowest BCUT2D eigenvalue weighted by Crippen LogP contribution is -2.37. The summed E-state index contributed by atoms with van der Waals surface area (Å²) in [6.07, 6.45) is 1.72. The van der Waals surface area contributed by atoms with E-state index in [0.717, 1.165) is 22.3 Å². The Morgan fingerprint density at radius 2 is 2.04 bits per heavy atom. The van der Waals surface area contributed by atoms with Crippen molar-refractivity contribution >= 4 is 16.9 Å². The SMILES string of the molecule is CCn1ncc2c(C(=O)NCC(C)NC)cc(-c3ccccc3)nc21. The van der Waals surface area contributed by atoms with Crippen molar-refractivity contribution in [1.29, 1.82) is 0 Å². The number of likely N-dealkylation sites (N-methyl/N-ethyl adjacent to an activating group) is 1. The average molecular weight is 337 g/mol. The Balaban J connectivity index is 2.06. The zero-order chi connectivity index (χ0) is 17.8. The maximum atomic E-state index is 12.8. The van der Waals surface area contributed by atoms with Gasteiger partial charge in [0.15, 0.2) is 5.65 Å². The van der Waals surface area contributed by atoms with E-state index in [2.05, 4.69) is 15.7 Å². The van der Waals surface area contributed by atoms with E-state index in [4.69, 9.17) is 4.98 Å². The molecular formula is C19H23N5O. The fourth-order valence-electron chi connectivity index (χ4n) is 2.67. The van der Waals surface area contributed by atoms with Crippen molar-refractivity contribution in [1.82, 2.24) is 25.4 Å². The molecule has 1 unspecified atom stereocenters. The fourth-order valence-corrected chi connectivity index (χ4v) is 2.67. The molecule has 0 aliphatic heterocycles. The van der Waals surface area contributed by atoms with Crippen molar-refractivity contribution in [2.45, 2.75) is 26.4 Å². The summed E-state index contributed by atoms with van der Waals surface area (Å²) < 4.78 is 1.81. The van der Waals surface area contributed by atoms with Crippen LogP contribution in [0.3, 0.4) is 0 Å². The first-order valence-corrected chi connectivity index (χ1v) is 8.51. The highest BCUT2D eigenvalue weighted by Crippen LogP contribution is 2.24. The third kappa shape index (κ3) is 3.53. The van der Waals surface area contributed by atoms with Crippen molar-refractivity contribution < 1.29 is 4.79 Å². The summed E-state index contributed by atoms with van der Waals surface area (Å²) in [7, 11) is 1.88. The molecule has 3 aromatic rings.